The Morgan fingerprint density at radius 3 is 2.69 bits per heavy atom. The third-order valence-corrected chi connectivity index (χ3v) is 6.11. The molecule has 0 radical (unpaired) electrons. The zero-order valence-corrected chi connectivity index (χ0v) is 15.9. The molecule has 2 aliphatic rings. The lowest BCUT2D eigenvalue weighted by molar-refractivity contribution is -0.104. The molecule has 2 fully saturated rings. The quantitative estimate of drug-likeness (QED) is 0.588. The average molecular weight is 360 g/mol. The van der Waals surface area contributed by atoms with Gasteiger partial charge in [0, 0.05) is 18.4 Å². The Balaban J connectivity index is 1.56. The molecule has 0 aromatic carbocycles. The standard InChI is InChI=1S/C21H33N3O2/c1-3-4-5-18-16(2)23-14-19(18)17-6-12-24(13-7-17)15-20(25)21(26)8-10-22-11-9-21/h3-5,14,17,20,22-23,25-26H,1,6-13,15H2,2H3/b5-4-. The maximum absolute atomic E-state index is 10.7. The van der Waals surface area contributed by atoms with Crippen LogP contribution in [0.4, 0.5) is 0 Å². The molecule has 3 heterocycles. The molecule has 0 bridgehead atoms. The molecule has 144 valence electrons. The molecule has 1 atom stereocenters. The monoisotopic (exact) mass is 359 g/mol. The Kier molecular flexibility index (Phi) is 6.35. The van der Waals surface area contributed by atoms with E-state index in [1.165, 1.54) is 16.8 Å². The zero-order valence-electron chi connectivity index (χ0n) is 15.9. The molecule has 0 spiro atoms. The van der Waals surface area contributed by atoms with E-state index in [9.17, 15) is 10.2 Å². The first kappa shape index (κ1) is 19.4. The topological polar surface area (TPSA) is 71.5 Å². The molecular formula is C21H33N3O2. The van der Waals surface area contributed by atoms with Gasteiger partial charge < -0.3 is 25.4 Å². The first-order valence-electron chi connectivity index (χ1n) is 9.84. The van der Waals surface area contributed by atoms with Crippen molar-refractivity contribution in [1.82, 2.24) is 15.2 Å². The molecule has 2 saturated heterocycles. The van der Waals surface area contributed by atoms with E-state index in [-0.39, 0.29) is 0 Å². The zero-order chi connectivity index (χ0) is 18.6. The van der Waals surface area contributed by atoms with Crippen LogP contribution in [0.15, 0.2) is 24.9 Å². The van der Waals surface area contributed by atoms with E-state index in [4.69, 9.17) is 0 Å². The van der Waals surface area contributed by atoms with E-state index in [1.54, 1.807) is 0 Å². The van der Waals surface area contributed by atoms with Crippen molar-refractivity contribution in [3.05, 3.63) is 41.7 Å². The Bertz CT molecular complexity index is 623. The smallest absolute Gasteiger partial charge is 0.0954 e. The van der Waals surface area contributed by atoms with Gasteiger partial charge in [0.1, 0.15) is 0 Å². The summed E-state index contributed by atoms with van der Waals surface area (Å²) in [5, 5.41) is 24.5. The summed E-state index contributed by atoms with van der Waals surface area (Å²) in [5.74, 6) is 0.541. The summed E-state index contributed by atoms with van der Waals surface area (Å²) in [6, 6.07) is 0. The van der Waals surface area contributed by atoms with Gasteiger partial charge in [0.15, 0.2) is 0 Å². The predicted octanol–water partition coefficient (Wildman–Crippen LogP) is 2.18. The molecule has 5 heteroatoms. The molecule has 2 aliphatic heterocycles. The van der Waals surface area contributed by atoms with Crippen LogP contribution in [0.2, 0.25) is 0 Å². The Labute approximate surface area is 156 Å². The van der Waals surface area contributed by atoms with Crippen molar-refractivity contribution in [2.75, 3.05) is 32.7 Å². The van der Waals surface area contributed by atoms with E-state index >= 15 is 0 Å². The van der Waals surface area contributed by atoms with Crippen LogP contribution in [0.5, 0.6) is 0 Å². The first-order chi connectivity index (χ1) is 12.5. The molecule has 0 saturated carbocycles. The molecule has 1 unspecified atom stereocenters. The van der Waals surface area contributed by atoms with Crippen LogP contribution >= 0.6 is 0 Å². The third kappa shape index (κ3) is 4.29. The fourth-order valence-electron chi connectivity index (χ4n) is 4.32. The van der Waals surface area contributed by atoms with E-state index in [2.05, 4.69) is 41.0 Å². The van der Waals surface area contributed by atoms with Gasteiger partial charge in [0.25, 0.3) is 0 Å². The molecule has 0 amide bonds. The minimum atomic E-state index is -0.928. The fraction of sp³-hybridized carbons (Fsp3) is 0.619. The number of H-pyrrole nitrogens is 1. The van der Waals surface area contributed by atoms with Crippen LogP contribution in [0.3, 0.4) is 0 Å². The number of aliphatic hydroxyl groups is 2. The van der Waals surface area contributed by atoms with Gasteiger partial charge in [-0.15, -0.1) is 0 Å². The highest BCUT2D eigenvalue weighted by Gasteiger charge is 2.38. The second kappa shape index (κ2) is 8.53. The molecule has 26 heavy (non-hydrogen) atoms. The number of aliphatic hydroxyl groups excluding tert-OH is 1. The van der Waals surface area contributed by atoms with E-state index in [1.807, 2.05) is 12.2 Å². The third-order valence-electron chi connectivity index (χ3n) is 6.11. The van der Waals surface area contributed by atoms with Gasteiger partial charge in [-0.1, -0.05) is 24.8 Å². The van der Waals surface area contributed by atoms with Crippen LogP contribution in [0, 0.1) is 6.92 Å². The molecule has 5 nitrogen and oxygen atoms in total. The summed E-state index contributed by atoms with van der Waals surface area (Å²) in [7, 11) is 0. The van der Waals surface area contributed by atoms with Crippen LogP contribution in [0.25, 0.3) is 6.08 Å². The van der Waals surface area contributed by atoms with Crippen molar-refractivity contribution in [1.29, 1.82) is 0 Å². The lowest BCUT2D eigenvalue weighted by Crippen LogP contribution is -2.54. The molecule has 1 aromatic rings. The largest absolute Gasteiger partial charge is 0.389 e. The highest BCUT2D eigenvalue weighted by molar-refractivity contribution is 5.58. The molecule has 4 N–H and O–H groups in total. The van der Waals surface area contributed by atoms with Gasteiger partial charge in [0.05, 0.1) is 11.7 Å². The van der Waals surface area contributed by atoms with Crippen molar-refractivity contribution in [2.24, 2.45) is 0 Å². The number of likely N-dealkylation sites (tertiary alicyclic amines) is 1. The van der Waals surface area contributed by atoms with Crippen molar-refractivity contribution < 1.29 is 10.2 Å². The number of aryl methyl sites for hydroxylation is 1. The number of rotatable bonds is 6. The second-order valence-corrected chi connectivity index (χ2v) is 7.82. The summed E-state index contributed by atoms with van der Waals surface area (Å²) >= 11 is 0. The summed E-state index contributed by atoms with van der Waals surface area (Å²) in [5.41, 5.74) is 2.94. The lowest BCUT2D eigenvalue weighted by atomic mass is 9.85. The number of β-amino-alcohol motifs (C(OH)–C–C–N with tert-alkyl or cyclic N) is 1. The maximum atomic E-state index is 10.7. The number of piperidine rings is 2. The van der Waals surface area contributed by atoms with E-state index < -0.39 is 11.7 Å². The maximum Gasteiger partial charge on any atom is 0.0954 e. The number of allylic oxidation sites excluding steroid dienone is 2. The SMILES string of the molecule is C=C/C=C\c1c(C2CCN(CC(O)C3(O)CCNCC3)CC2)c[nH]c1C. The van der Waals surface area contributed by atoms with Gasteiger partial charge in [0.2, 0.25) is 0 Å². The van der Waals surface area contributed by atoms with Crippen molar-refractivity contribution in [3.63, 3.8) is 0 Å². The average Bonchev–Trinajstić information content (AvgIpc) is 3.02. The molecule has 3 rings (SSSR count). The number of aromatic nitrogens is 1. The summed E-state index contributed by atoms with van der Waals surface area (Å²) < 4.78 is 0. The minimum absolute atomic E-state index is 0.541. The number of hydrogen-bond acceptors (Lipinski definition) is 4. The number of nitrogens with zero attached hydrogens (tertiary/aromatic N) is 1. The highest BCUT2D eigenvalue weighted by Crippen LogP contribution is 2.33. The van der Waals surface area contributed by atoms with Gasteiger partial charge in [-0.2, -0.15) is 0 Å². The predicted molar refractivity (Wildman–Crippen MR) is 106 cm³/mol. The van der Waals surface area contributed by atoms with Crippen LogP contribution < -0.4 is 5.32 Å². The van der Waals surface area contributed by atoms with E-state index in [0.717, 1.165) is 39.0 Å². The number of aromatic amines is 1. The number of nitrogens with one attached hydrogen (secondary N) is 2. The molecule has 0 aliphatic carbocycles. The Hall–Kier alpha value is -1.40. The molecular weight excluding hydrogens is 326 g/mol. The second-order valence-electron chi connectivity index (χ2n) is 7.82. The van der Waals surface area contributed by atoms with Crippen LogP contribution in [-0.2, 0) is 0 Å². The van der Waals surface area contributed by atoms with Crippen LogP contribution in [-0.4, -0.2) is 64.5 Å². The normalized spacial score (nSPS) is 23.3. The van der Waals surface area contributed by atoms with Crippen molar-refractivity contribution in [2.45, 2.75) is 50.2 Å². The Morgan fingerprint density at radius 2 is 2.04 bits per heavy atom. The van der Waals surface area contributed by atoms with Crippen molar-refractivity contribution >= 4 is 6.08 Å². The summed E-state index contributed by atoms with van der Waals surface area (Å²) in [6.45, 7) is 9.93. The fourth-order valence-corrected chi connectivity index (χ4v) is 4.32. The highest BCUT2D eigenvalue weighted by atomic mass is 16.3. The first-order valence-corrected chi connectivity index (χ1v) is 9.84. The van der Waals surface area contributed by atoms with Gasteiger partial charge in [-0.25, -0.2) is 0 Å². The van der Waals surface area contributed by atoms with Gasteiger partial charge >= 0.3 is 0 Å². The van der Waals surface area contributed by atoms with Gasteiger partial charge in [-0.3, -0.25) is 0 Å². The van der Waals surface area contributed by atoms with Crippen molar-refractivity contribution in [3.8, 4) is 0 Å². The number of hydrogen-bond donors (Lipinski definition) is 4. The van der Waals surface area contributed by atoms with Gasteiger partial charge in [-0.05, 0) is 75.8 Å². The minimum Gasteiger partial charge on any atom is -0.389 e. The Morgan fingerprint density at radius 1 is 1.35 bits per heavy atom. The summed E-state index contributed by atoms with van der Waals surface area (Å²) in [4.78, 5) is 5.66. The lowest BCUT2D eigenvalue weighted by Gasteiger charge is -2.40. The van der Waals surface area contributed by atoms with E-state index in [0.29, 0.717) is 25.3 Å². The molecule has 1 aromatic heterocycles. The van der Waals surface area contributed by atoms with Crippen LogP contribution in [0.1, 0.15) is 48.4 Å². The summed E-state index contributed by atoms with van der Waals surface area (Å²) in [6.07, 6.45) is 10.8.